The molecule has 0 aromatic carbocycles. The van der Waals surface area contributed by atoms with E-state index in [0.29, 0.717) is 0 Å². The predicted molar refractivity (Wildman–Crippen MR) is 88.2 cm³/mol. The highest BCUT2D eigenvalue weighted by Crippen LogP contribution is 2.25. The van der Waals surface area contributed by atoms with E-state index in [2.05, 4.69) is 22.3 Å². The Hall–Kier alpha value is -2.11. The van der Waals surface area contributed by atoms with Crippen molar-refractivity contribution in [3.8, 4) is 0 Å². The van der Waals surface area contributed by atoms with Crippen LogP contribution in [0.3, 0.4) is 0 Å². The van der Waals surface area contributed by atoms with Gasteiger partial charge in [-0.1, -0.05) is 13.3 Å². The molecule has 1 amide bonds. The molecule has 0 saturated heterocycles. The minimum atomic E-state index is -0.0679. The summed E-state index contributed by atoms with van der Waals surface area (Å²) in [6.45, 7) is 2.12. The van der Waals surface area contributed by atoms with Gasteiger partial charge in [-0.15, -0.1) is 0 Å². The van der Waals surface area contributed by atoms with Gasteiger partial charge in [-0.3, -0.25) is 9.48 Å². The van der Waals surface area contributed by atoms with Crippen LogP contribution < -0.4 is 5.32 Å². The van der Waals surface area contributed by atoms with Crippen LogP contribution in [0, 0.1) is 0 Å². The van der Waals surface area contributed by atoms with E-state index in [1.807, 2.05) is 24.9 Å². The number of nitrogens with one attached hydrogen (secondary N) is 1. The van der Waals surface area contributed by atoms with Crippen molar-refractivity contribution in [1.29, 1.82) is 0 Å². The molecule has 3 rings (SSSR count). The zero-order valence-corrected chi connectivity index (χ0v) is 14.2. The highest BCUT2D eigenvalue weighted by Gasteiger charge is 2.26. The highest BCUT2D eigenvalue weighted by atomic mass is 16.2. The zero-order valence-electron chi connectivity index (χ0n) is 14.2. The van der Waals surface area contributed by atoms with Crippen LogP contribution in [0.4, 0.5) is 0 Å². The van der Waals surface area contributed by atoms with Crippen molar-refractivity contribution in [2.24, 2.45) is 14.1 Å². The summed E-state index contributed by atoms with van der Waals surface area (Å²) in [4.78, 5) is 17.3. The number of aromatic nitrogens is 4. The van der Waals surface area contributed by atoms with Gasteiger partial charge in [0.05, 0.1) is 11.7 Å². The van der Waals surface area contributed by atoms with E-state index in [-0.39, 0.29) is 11.9 Å². The van der Waals surface area contributed by atoms with Gasteiger partial charge in [0.1, 0.15) is 11.5 Å². The lowest BCUT2D eigenvalue weighted by Gasteiger charge is -2.19. The minimum Gasteiger partial charge on any atom is -0.341 e. The van der Waals surface area contributed by atoms with Crippen LogP contribution >= 0.6 is 0 Å². The second-order valence-corrected chi connectivity index (χ2v) is 6.32. The molecule has 2 heterocycles. The van der Waals surface area contributed by atoms with Crippen LogP contribution in [0.1, 0.15) is 66.2 Å². The number of hydrogen-bond acceptors (Lipinski definition) is 3. The molecule has 1 atom stereocenters. The Kier molecular flexibility index (Phi) is 4.50. The van der Waals surface area contributed by atoms with Crippen molar-refractivity contribution in [3.05, 3.63) is 35.2 Å². The van der Waals surface area contributed by atoms with Crippen molar-refractivity contribution >= 4 is 5.91 Å². The van der Waals surface area contributed by atoms with E-state index in [9.17, 15) is 4.79 Å². The molecule has 0 unspecified atom stereocenters. The molecule has 124 valence electrons. The monoisotopic (exact) mass is 315 g/mol. The molecule has 6 nitrogen and oxygen atoms in total. The van der Waals surface area contributed by atoms with Crippen molar-refractivity contribution in [2.45, 2.75) is 51.5 Å². The first-order valence-electron chi connectivity index (χ1n) is 8.44. The molecule has 23 heavy (non-hydrogen) atoms. The Morgan fingerprint density at radius 3 is 2.83 bits per heavy atom. The van der Waals surface area contributed by atoms with E-state index in [0.717, 1.165) is 61.3 Å². The Balaban J connectivity index is 1.85. The van der Waals surface area contributed by atoms with Gasteiger partial charge in [-0.2, -0.15) is 5.10 Å². The standard InChI is InChI=1S/C17H25N5O/c1-4-7-14(16-18-10-11-21(16)2)19-17(23)15-12-8-5-6-9-13(12)20-22(15)3/h10-11,14H,4-9H2,1-3H3,(H,19,23)/t14-/m0/s1. The molecule has 2 aromatic heterocycles. The van der Waals surface area contributed by atoms with Crippen molar-refractivity contribution in [3.63, 3.8) is 0 Å². The molecule has 1 N–H and O–H groups in total. The van der Waals surface area contributed by atoms with Gasteiger partial charge < -0.3 is 9.88 Å². The molecule has 1 aliphatic carbocycles. The fourth-order valence-corrected chi connectivity index (χ4v) is 3.46. The highest BCUT2D eigenvalue weighted by molar-refractivity contribution is 5.94. The summed E-state index contributed by atoms with van der Waals surface area (Å²) >= 11 is 0. The summed E-state index contributed by atoms with van der Waals surface area (Å²) in [5.41, 5.74) is 2.94. The molecular formula is C17H25N5O. The Labute approximate surface area is 136 Å². The summed E-state index contributed by atoms with van der Waals surface area (Å²) in [6, 6.07) is -0.0679. The number of aryl methyl sites for hydroxylation is 3. The molecule has 0 fully saturated rings. The summed E-state index contributed by atoms with van der Waals surface area (Å²) in [5.74, 6) is 0.862. The van der Waals surface area contributed by atoms with Gasteiger partial charge in [0, 0.05) is 32.1 Å². The zero-order chi connectivity index (χ0) is 16.4. The molecule has 0 aliphatic heterocycles. The topological polar surface area (TPSA) is 64.7 Å². The summed E-state index contributed by atoms with van der Waals surface area (Å²) in [5, 5.41) is 7.71. The van der Waals surface area contributed by atoms with Crippen molar-refractivity contribution in [1.82, 2.24) is 24.6 Å². The lowest BCUT2D eigenvalue weighted by atomic mass is 9.95. The molecule has 1 aliphatic rings. The Morgan fingerprint density at radius 2 is 2.13 bits per heavy atom. The molecule has 0 spiro atoms. The van der Waals surface area contributed by atoms with Gasteiger partial charge in [0.2, 0.25) is 0 Å². The summed E-state index contributed by atoms with van der Waals surface area (Å²) < 4.78 is 3.71. The maximum atomic E-state index is 12.9. The molecule has 6 heteroatoms. The van der Waals surface area contributed by atoms with Crippen molar-refractivity contribution < 1.29 is 4.79 Å². The third-order valence-corrected chi connectivity index (χ3v) is 4.59. The number of imidazole rings is 1. The number of carbonyl (C=O) groups excluding carboxylic acids is 1. The van der Waals surface area contributed by atoms with Gasteiger partial charge in [0.15, 0.2) is 0 Å². The number of fused-ring (bicyclic) bond motifs is 1. The molecule has 2 aromatic rings. The van der Waals surface area contributed by atoms with Crippen LogP contribution in [0.2, 0.25) is 0 Å². The molecular weight excluding hydrogens is 290 g/mol. The number of rotatable bonds is 5. The maximum Gasteiger partial charge on any atom is 0.270 e. The van der Waals surface area contributed by atoms with Crippen molar-refractivity contribution in [2.75, 3.05) is 0 Å². The number of carbonyl (C=O) groups is 1. The van der Waals surface area contributed by atoms with Crippen LogP contribution in [-0.2, 0) is 26.9 Å². The normalized spacial score (nSPS) is 15.3. The van der Waals surface area contributed by atoms with Gasteiger partial charge in [-0.25, -0.2) is 4.98 Å². The third-order valence-electron chi connectivity index (χ3n) is 4.59. The Morgan fingerprint density at radius 1 is 1.35 bits per heavy atom. The van der Waals surface area contributed by atoms with E-state index < -0.39 is 0 Å². The van der Waals surface area contributed by atoms with Crippen LogP contribution in [0.5, 0.6) is 0 Å². The van der Waals surface area contributed by atoms with E-state index in [4.69, 9.17) is 0 Å². The second-order valence-electron chi connectivity index (χ2n) is 6.32. The van der Waals surface area contributed by atoms with Crippen LogP contribution in [0.25, 0.3) is 0 Å². The largest absolute Gasteiger partial charge is 0.341 e. The number of hydrogen-bond donors (Lipinski definition) is 1. The Bertz CT molecular complexity index is 700. The van der Waals surface area contributed by atoms with E-state index in [1.165, 1.54) is 0 Å². The number of amides is 1. The average Bonchev–Trinajstić information content (AvgIpc) is 3.09. The lowest BCUT2D eigenvalue weighted by Crippen LogP contribution is -2.32. The SMILES string of the molecule is CCC[C@H](NC(=O)c1c2c(nn1C)CCCC2)c1nccn1C. The summed E-state index contributed by atoms with van der Waals surface area (Å²) in [6.07, 6.45) is 9.78. The van der Waals surface area contributed by atoms with Crippen LogP contribution in [-0.4, -0.2) is 25.2 Å². The first kappa shape index (κ1) is 15.8. The maximum absolute atomic E-state index is 12.9. The third kappa shape index (κ3) is 3.02. The van der Waals surface area contributed by atoms with E-state index >= 15 is 0 Å². The quantitative estimate of drug-likeness (QED) is 0.921. The average molecular weight is 315 g/mol. The lowest BCUT2D eigenvalue weighted by molar-refractivity contribution is 0.0921. The molecule has 0 saturated carbocycles. The van der Waals surface area contributed by atoms with E-state index in [1.54, 1.807) is 10.9 Å². The number of nitrogens with zero attached hydrogens (tertiary/aromatic N) is 4. The smallest absolute Gasteiger partial charge is 0.270 e. The minimum absolute atomic E-state index is 0.0374. The summed E-state index contributed by atoms with van der Waals surface area (Å²) in [7, 11) is 3.83. The molecule has 0 bridgehead atoms. The fourth-order valence-electron chi connectivity index (χ4n) is 3.46. The van der Waals surface area contributed by atoms with Gasteiger partial charge >= 0.3 is 0 Å². The van der Waals surface area contributed by atoms with Gasteiger partial charge in [-0.05, 0) is 32.1 Å². The van der Waals surface area contributed by atoms with Gasteiger partial charge in [0.25, 0.3) is 5.91 Å². The van der Waals surface area contributed by atoms with Crippen LogP contribution in [0.15, 0.2) is 12.4 Å². The molecule has 0 radical (unpaired) electrons. The first-order chi connectivity index (χ1) is 11.1. The fraction of sp³-hybridized carbons (Fsp3) is 0.588. The second kappa shape index (κ2) is 6.56. The predicted octanol–water partition coefficient (Wildman–Crippen LogP) is 2.30. The first-order valence-corrected chi connectivity index (χ1v) is 8.44.